The second kappa shape index (κ2) is 3.44. The van der Waals surface area contributed by atoms with E-state index in [2.05, 4.69) is 10.3 Å². The monoisotopic (exact) mass is 117 g/mol. The number of hydrogen-bond donors (Lipinski definition) is 1. The van der Waals surface area contributed by atoms with Crippen LogP contribution in [-0.4, -0.2) is 12.3 Å². The molecule has 0 radical (unpaired) electrons. The Morgan fingerprint density at radius 2 is 2.57 bits per heavy atom. The molecule has 0 saturated heterocycles. The Hall–Kier alpha value is -0.750. The molecular formula is C3H4ClN3. The molecule has 3 nitrogen and oxygen atoms in total. The van der Waals surface area contributed by atoms with Gasteiger partial charge in [0, 0.05) is 7.05 Å². The van der Waals surface area contributed by atoms with Crippen LogP contribution >= 0.6 is 11.6 Å². The number of hydrogen-bond acceptors (Lipinski definition) is 2. The van der Waals surface area contributed by atoms with Crippen molar-refractivity contribution >= 4 is 16.9 Å². The first-order valence-electron chi connectivity index (χ1n) is 1.58. The van der Waals surface area contributed by atoms with E-state index in [0.717, 1.165) is 0 Å². The molecule has 0 atom stereocenters. The smallest absolute Gasteiger partial charge is 0.204 e. The lowest BCUT2D eigenvalue weighted by atomic mass is 11.1. The molecular weight excluding hydrogens is 114 g/mol. The van der Waals surface area contributed by atoms with Crippen LogP contribution in [-0.2, 0) is 0 Å². The van der Waals surface area contributed by atoms with Crippen molar-refractivity contribution in [3.05, 3.63) is 0 Å². The minimum Gasteiger partial charge on any atom is -0.267 e. The number of nitrogens with zero attached hydrogens (tertiary/aromatic N) is 2. The molecule has 0 heterocycles. The highest BCUT2D eigenvalue weighted by molar-refractivity contribution is 6.64. The molecule has 0 aliphatic carbocycles. The molecule has 0 aromatic rings. The fourth-order valence-corrected chi connectivity index (χ4v) is 0.144. The van der Waals surface area contributed by atoms with Gasteiger partial charge in [-0.25, -0.2) is 0 Å². The van der Waals surface area contributed by atoms with Crippen molar-refractivity contribution in [3.8, 4) is 6.19 Å². The van der Waals surface area contributed by atoms with E-state index in [1.165, 1.54) is 7.05 Å². The van der Waals surface area contributed by atoms with Crippen molar-refractivity contribution in [3.63, 3.8) is 0 Å². The summed E-state index contributed by atoms with van der Waals surface area (Å²) in [6.07, 6.45) is 1.61. The molecule has 0 aliphatic rings. The van der Waals surface area contributed by atoms with E-state index in [1.807, 2.05) is 0 Å². The normalized spacial score (nSPS) is 10.1. The molecule has 0 rings (SSSR count). The molecule has 7 heavy (non-hydrogen) atoms. The quantitative estimate of drug-likeness (QED) is 0.163. The van der Waals surface area contributed by atoms with Gasteiger partial charge in [0.25, 0.3) is 0 Å². The fraction of sp³-hybridized carbons (Fsp3) is 0.333. The van der Waals surface area contributed by atoms with E-state index >= 15 is 0 Å². The molecule has 0 saturated carbocycles. The molecule has 0 aliphatic heterocycles. The molecule has 0 unspecified atom stereocenters. The summed E-state index contributed by atoms with van der Waals surface area (Å²) >= 11 is 5.18. The molecule has 0 amide bonds. The fourth-order valence-electron chi connectivity index (χ4n) is 0.102. The van der Waals surface area contributed by atoms with Crippen molar-refractivity contribution in [1.29, 1.82) is 5.26 Å². The number of amidine groups is 1. The van der Waals surface area contributed by atoms with Crippen molar-refractivity contribution in [2.75, 3.05) is 7.05 Å². The van der Waals surface area contributed by atoms with Crippen molar-refractivity contribution in [1.82, 2.24) is 5.32 Å². The summed E-state index contributed by atoms with van der Waals surface area (Å²) in [5.74, 6) is 0. The second-order valence-electron chi connectivity index (χ2n) is 0.751. The van der Waals surface area contributed by atoms with Gasteiger partial charge >= 0.3 is 0 Å². The molecule has 0 fully saturated rings. The average molecular weight is 118 g/mol. The van der Waals surface area contributed by atoms with E-state index in [0.29, 0.717) is 0 Å². The van der Waals surface area contributed by atoms with Gasteiger partial charge in [0.05, 0.1) is 0 Å². The maximum absolute atomic E-state index is 7.84. The molecule has 4 heteroatoms. The summed E-state index contributed by atoms with van der Waals surface area (Å²) < 4.78 is 0. The standard InChI is InChI=1S/C3H4ClN3/c1-6-3(4)7-2-5/h1H3,(H,6,7). The lowest BCUT2D eigenvalue weighted by Crippen LogP contribution is -2.09. The highest BCUT2D eigenvalue weighted by Crippen LogP contribution is 1.73. The van der Waals surface area contributed by atoms with E-state index < -0.39 is 0 Å². The maximum atomic E-state index is 7.84. The average Bonchev–Trinajstić information content (AvgIpc) is 1.68. The minimum atomic E-state index is 0.113. The third-order valence-corrected chi connectivity index (χ3v) is 0.619. The third kappa shape index (κ3) is 3.07. The lowest BCUT2D eigenvalue weighted by Gasteiger charge is -1.83. The molecule has 0 bridgehead atoms. The van der Waals surface area contributed by atoms with Crippen molar-refractivity contribution < 1.29 is 0 Å². The van der Waals surface area contributed by atoms with Crippen LogP contribution in [0.1, 0.15) is 0 Å². The zero-order chi connectivity index (χ0) is 5.70. The van der Waals surface area contributed by atoms with E-state index in [-0.39, 0.29) is 5.29 Å². The number of aliphatic imine (C=N–C) groups is 1. The van der Waals surface area contributed by atoms with E-state index in [1.54, 1.807) is 6.19 Å². The first-order valence-corrected chi connectivity index (χ1v) is 1.96. The first kappa shape index (κ1) is 6.25. The van der Waals surface area contributed by atoms with Gasteiger partial charge in [0.15, 0.2) is 6.19 Å². The zero-order valence-electron chi connectivity index (χ0n) is 3.77. The van der Waals surface area contributed by atoms with Crippen LogP contribution in [0, 0.1) is 11.5 Å². The molecule has 0 aromatic heterocycles. The summed E-state index contributed by atoms with van der Waals surface area (Å²) in [7, 11) is 1.49. The van der Waals surface area contributed by atoms with Gasteiger partial charge in [0.2, 0.25) is 5.29 Å². The zero-order valence-corrected chi connectivity index (χ0v) is 4.53. The van der Waals surface area contributed by atoms with Gasteiger partial charge in [-0.3, -0.25) is 10.3 Å². The number of rotatable bonds is 0. The number of nitriles is 1. The van der Waals surface area contributed by atoms with Crippen LogP contribution in [0.25, 0.3) is 0 Å². The SMILES string of the molecule is C/N=C(\Cl)NC#N. The summed E-state index contributed by atoms with van der Waals surface area (Å²) in [6.45, 7) is 0. The summed E-state index contributed by atoms with van der Waals surface area (Å²) in [4.78, 5) is 3.43. The summed E-state index contributed by atoms with van der Waals surface area (Å²) in [5.41, 5.74) is 0. The first-order chi connectivity index (χ1) is 3.31. The Labute approximate surface area is 46.6 Å². The van der Waals surface area contributed by atoms with Gasteiger partial charge in [-0.2, -0.15) is 5.26 Å². The summed E-state index contributed by atoms with van der Waals surface area (Å²) in [6, 6.07) is 0. The van der Waals surface area contributed by atoms with Crippen LogP contribution in [0.3, 0.4) is 0 Å². The third-order valence-electron chi connectivity index (χ3n) is 0.355. The van der Waals surface area contributed by atoms with Crippen LogP contribution in [0.2, 0.25) is 0 Å². The lowest BCUT2D eigenvalue weighted by molar-refractivity contribution is 1.26. The highest BCUT2D eigenvalue weighted by Gasteiger charge is 1.81. The Morgan fingerprint density at radius 3 is 2.71 bits per heavy atom. The summed E-state index contributed by atoms with van der Waals surface area (Å²) in [5, 5.41) is 10.1. The van der Waals surface area contributed by atoms with Crippen LogP contribution in [0.5, 0.6) is 0 Å². The highest BCUT2D eigenvalue weighted by atomic mass is 35.5. The van der Waals surface area contributed by atoms with Gasteiger partial charge in [-0.05, 0) is 11.6 Å². The predicted molar refractivity (Wildman–Crippen MR) is 28.0 cm³/mol. The van der Waals surface area contributed by atoms with Crippen LogP contribution in [0.4, 0.5) is 0 Å². The Balaban J connectivity index is 3.43. The molecule has 1 N–H and O–H groups in total. The Bertz CT molecular complexity index is 112. The molecule has 0 spiro atoms. The Kier molecular flexibility index (Phi) is 3.07. The van der Waals surface area contributed by atoms with Gasteiger partial charge in [0.1, 0.15) is 0 Å². The van der Waals surface area contributed by atoms with Crippen molar-refractivity contribution in [2.24, 2.45) is 4.99 Å². The Morgan fingerprint density at radius 1 is 2.00 bits per heavy atom. The minimum absolute atomic E-state index is 0.113. The number of halogens is 1. The van der Waals surface area contributed by atoms with Crippen LogP contribution in [0.15, 0.2) is 4.99 Å². The largest absolute Gasteiger partial charge is 0.267 e. The van der Waals surface area contributed by atoms with Gasteiger partial charge in [-0.1, -0.05) is 0 Å². The van der Waals surface area contributed by atoms with Gasteiger partial charge < -0.3 is 0 Å². The number of nitrogens with one attached hydrogen (secondary N) is 1. The van der Waals surface area contributed by atoms with Crippen molar-refractivity contribution in [2.45, 2.75) is 0 Å². The van der Waals surface area contributed by atoms with E-state index in [4.69, 9.17) is 16.9 Å². The second-order valence-corrected chi connectivity index (χ2v) is 1.11. The topological polar surface area (TPSA) is 48.2 Å². The van der Waals surface area contributed by atoms with Crippen LogP contribution < -0.4 is 5.32 Å². The predicted octanol–water partition coefficient (Wildman–Crippen LogP) is 0.282. The molecule has 38 valence electrons. The van der Waals surface area contributed by atoms with Gasteiger partial charge in [-0.15, -0.1) is 0 Å². The maximum Gasteiger partial charge on any atom is 0.204 e. The van der Waals surface area contributed by atoms with E-state index in [9.17, 15) is 0 Å². The molecule has 0 aromatic carbocycles.